The molecule has 3 heteroatoms. The van der Waals surface area contributed by atoms with E-state index in [9.17, 15) is 4.79 Å². The van der Waals surface area contributed by atoms with Crippen LogP contribution in [0.15, 0.2) is 17.3 Å². The van der Waals surface area contributed by atoms with E-state index < -0.39 is 0 Å². The van der Waals surface area contributed by atoms with Crippen molar-refractivity contribution in [2.45, 2.75) is 26.7 Å². The van der Waals surface area contributed by atoms with Crippen LogP contribution in [0.4, 0.5) is 0 Å². The van der Waals surface area contributed by atoms with Gasteiger partial charge in [-0.25, -0.2) is 0 Å². The lowest BCUT2D eigenvalue weighted by molar-refractivity contribution is 0.112. The van der Waals surface area contributed by atoms with Crippen LogP contribution in [0.2, 0.25) is 0 Å². The van der Waals surface area contributed by atoms with Gasteiger partial charge >= 0.3 is 0 Å². The van der Waals surface area contributed by atoms with Crippen molar-refractivity contribution in [1.82, 2.24) is 0 Å². The molecule has 0 unspecified atom stereocenters. The van der Waals surface area contributed by atoms with Crippen LogP contribution in [0.1, 0.15) is 40.9 Å². The summed E-state index contributed by atoms with van der Waals surface area (Å²) in [5.41, 5.74) is 3.61. The summed E-state index contributed by atoms with van der Waals surface area (Å²) in [4.78, 5) is 10.8. The minimum Gasteiger partial charge on any atom is -0.411 e. The van der Waals surface area contributed by atoms with Crippen molar-refractivity contribution in [1.29, 1.82) is 0 Å². The Morgan fingerprint density at radius 2 is 1.73 bits per heavy atom. The number of carbonyl (C=O) groups is 1. The van der Waals surface area contributed by atoms with E-state index in [1.165, 1.54) is 6.21 Å². The maximum Gasteiger partial charge on any atom is 0.150 e. The summed E-state index contributed by atoms with van der Waals surface area (Å²) in [6.07, 6.45) is 3.89. The highest BCUT2D eigenvalue weighted by atomic mass is 16.4. The van der Waals surface area contributed by atoms with E-state index >= 15 is 0 Å². The first-order valence-corrected chi connectivity index (χ1v) is 5.05. The minimum atomic E-state index is 0.726. The molecule has 0 aliphatic rings. The van der Waals surface area contributed by atoms with Crippen molar-refractivity contribution in [3.8, 4) is 0 Å². The molecule has 0 atom stereocenters. The van der Waals surface area contributed by atoms with Gasteiger partial charge in [0.25, 0.3) is 0 Å². The van der Waals surface area contributed by atoms with Gasteiger partial charge in [-0.3, -0.25) is 4.79 Å². The molecule has 0 spiro atoms. The summed E-state index contributed by atoms with van der Waals surface area (Å²) in [6, 6.07) is 3.77. The Morgan fingerprint density at radius 3 is 2.20 bits per heavy atom. The first-order valence-electron chi connectivity index (χ1n) is 5.05. The van der Waals surface area contributed by atoms with Crippen molar-refractivity contribution in [2.24, 2.45) is 5.16 Å². The third kappa shape index (κ3) is 2.43. The number of carbonyl (C=O) groups excluding carboxylic acids is 1. The van der Waals surface area contributed by atoms with Crippen molar-refractivity contribution in [2.75, 3.05) is 0 Å². The number of hydrogen-bond donors (Lipinski definition) is 1. The van der Waals surface area contributed by atoms with Crippen LogP contribution < -0.4 is 0 Å². The molecule has 0 saturated carbocycles. The highest BCUT2D eigenvalue weighted by Crippen LogP contribution is 2.16. The first kappa shape index (κ1) is 11.4. The Balaban J connectivity index is 3.33. The van der Waals surface area contributed by atoms with E-state index in [-0.39, 0.29) is 0 Å². The molecule has 3 nitrogen and oxygen atoms in total. The van der Waals surface area contributed by atoms with Gasteiger partial charge in [0.2, 0.25) is 0 Å². The molecule has 0 saturated heterocycles. The molecule has 1 aromatic rings. The van der Waals surface area contributed by atoms with Gasteiger partial charge < -0.3 is 5.21 Å². The highest BCUT2D eigenvalue weighted by molar-refractivity contribution is 5.85. The standard InChI is InChI=1S/C12H15NO2/c1-3-9-6-12(8-14)10(4-2)5-11(9)7-13-15/h5-8,15H,3-4H2,1-2H3. The van der Waals surface area contributed by atoms with Gasteiger partial charge in [-0.2, -0.15) is 0 Å². The average Bonchev–Trinajstić information content (AvgIpc) is 2.28. The minimum absolute atomic E-state index is 0.726. The van der Waals surface area contributed by atoms with Gasteiger partial charge in [0.1, 0.15) is 6.29 Å². The van der Waals surface area contributed by atoms with Crippen LogP contribution in [-0.2, 0) is 12.8 Å². The second kappa shape index (κ2) is 5.29. The summed E-state index contributed by atoms with van der Waals surface area (Å²) in [5.74, 6) is 0. The van der Waals surface area contributed by atoms with Crippen molar-refractivity contribution in [3.05, 3.63) is 34.4 Å². The van der Waals surface area contributed by atoms with Gasteiger partial charge in [0.15, 0.2) is 0 Å². The van der Waals surface area contributed by atoms with E-state index in [4.69, 9.17) is 5.21 Å². The van der Waals surface area contributed by atoms with E-state index in [0.717, 1.165) is 41.4 Å². The van der Waals surface area contributed by atoms with Gasteiger partial charge in [-0.1, -0.05) is 19.0 Å². The second-order valence-corrected chi connectivity index (χ2v) is 3.32. The predicted octanol–water partition coefficient (Wildman–Crippen LogP) is 2.43. The molecule has 0 aromatic heterocycles. The molecule has 0 aliphatic carbocycles. The number of aldehydes is 1. The molecule has 15 heavy (non-hydrogen) atoms. The molecular formula is C12H15NO2. The second-order valence-electron chi connectivity index (χ2n) is 3.32. The predicted molar refractivity (Wildman–Crippen MR) is 60.0 cm³/mol. The third-order valence-corrected chi connectivity index (χ3v) is 2.49. The number of hydrogen-bond acceptors (Lipinski definition) is 3. The quantitative estimate of drug-likeness (QED) is 0.355. The molecule has 80 valence electrons. The lowest BCUT2D eigenvalue weighted by atomic mass is 9.96. The fourth-order valence-corrected chi connectivity index (χ4v) is 1.63. The molecule has 0 radical (unpaired) electrons. The fourth-order valence-electron chi connectivity index (χ4n) is 1.63. The SMILES string of the molecule is CCc1cc(C=NO)c(CC)cc1C=O. The molecule has 1 N–H and O–H groups in total. The molecular weight excluding hydrogens is 190 g/mol. The largest absolute Gasteiger partial charge is 0.411 e. The van der Waals surface area contributed by atoms with Crippen LogP contribution in [0.25, 0.3) is 0 Å². The van der Waals surface area contributed by atoms with E-state index in [1.807, 2.05) is 26.0 Å². The topological polar surface area (TPSA) is 49.7 Å². The highest BCUT2D eigenvalue weighted by Gasteiger charge is 2.06. The van der Waals surface area contributed by atoms with Crippen LogP contribution in [-0.4, -0.2) is 17.7 Å². The molecule has 1 rings (SSSR count). The molecule has 0 fully saturated rings. The number of nitrogens with zero attached hydrogens (tertiary/aromatic N) is 1. The number of aryl methyl sites for hydroxylation is 2. The maximum atomic E-state index is 10.8. The Morgan fingerprint density at radius 1 is 1.20 bits per heavy atom. The zero-order valence-electron chi connectivity index (χ0n) is 9.03. The third-order valence-electron chi connectivity index (χ3n) is 2.49. The summed E-state index contributed by atoms with van der Waals surface area (Å²) in [5, 5.41) is 11.6. The van der Waals surface area contributed by atoms with Crippen LogP contribution in [0, 0.1) is 0 Å². The fraction of sp³-hybridized carbons (Fsp3) is 0.333. The Labute approximate surface area is 89.4 Å². The van der Waals surface area contributed by atoms with Gasteiger partial charge in [0.05, 0.1) is 6.21 Å². The Hall–Kier alpha value is -1.64. The summed E-state index contributed by atoms with van der Waals surface area (Å²) < 4.78 is 0. The van der Waals surface area contributed by atoms with Gasteiger partial charge in [-0.15, -0.1) is 0 Å². The number of rotatable bonds is 4. The van der Waals surface area contributed by atoms with Gasteiger partial charge in [0, 0.05) is 5.56 Å². The molecule has 0 bridgehead atoms. The Kier molecular flexibility index (Phi) is 4.03. The van der Waals surface area contributed by atoms with Crippen LogP contribution >= 0.6 is 0 Å². The molecule has 1 aromatic carbocycles. The van der Waals surface area contributed by atoms with E-state index in [0.29, 0.717) is 0 Å². The van der Waals surface area contributed by atoms with E-state index in [1.54, 1.807) is 0 Å². The zero-order chi connectivity index (χ0) is 11.3. The maximum absolute atomic E-state index is 10.8. The van der Waals surface area contributed by atoms with Crippen molar-refractivity contribution in [3.63, 3.8) is 0 Å². The first-order chi connectivity index (χ1) is 7.26. The van der Waals surface area contributed by atoms with Gasteiger partial charge in [-0.05, 0) is 41.7 Å². The normalized spacial score (nSPS) is 10.8. The average molecular weight is 205 g/mol. The number of benzene rings is 1. The van der Waals surface area contributed by atoms with Crippen LogP contribution in [0.3, 0.4) is 0 Å². The number of oxime groups is 1. The lowest BCUT2D eigenvalue weighted by Gasteiger charge is -2.08. The molecule has 0 heterocycles. The van der Waals surface area contributed by atoms with Crippen molar-refractivity contribution < 1.29 is 10.0 Å². The van der Waals surface area contributed by atoms with Crippen LogP contribution in [0.5, 0.6) is 0 Å². The van der Waals surface area contributed by atoms with E-state index in [2.05, 4.69) is 5.16 Å². The monoisotopic (exact) mass is 205 g/mol. The summed E-state index contributed by atoms with van der Waals surface area (Å²) in [6.45, 7) is 4.00. The smallest absolute Gasteiger partial charge is 0.150 e. The lowest BCUT2D eigenvalue weighted by Crippen LogP contribution is -1.99. The summed E-state index contributed by atoms with van der Waals surface area (Å²) >= 11 is 0. The molecule has 0 amide bonds. The zero-order valence-corrected chi connectivity index (χ0v) is 9.03. The Bertz CT molecular complexity index is 383. The molecule has 0 aliphatic heterocycles. The van der Waals surface area contributed by atoms with Crippen molar-refractivity contribution >= 4 is 12.5 Å². The summed E-state index contributed by atoms with van der Waals surface area (Å²) in [7, 11) is 0.